The molecule has 0 spiro atoms. The fraction of sp³-hybridized carbons (Fsp3) is 0.474. The largest absolute Gasteiger partial charge is 0.492 e. The van der Waals surface area contributed by atoms with E-state index in [0.29, 0.717) is 26.1 Å². The molecule has 0 radical (unpaired) electrons. The molecule has 28 heavy (non-hydrogen) atoms. The summed E-state index contributed by atoms with van der Waals surface area (Å²) >= 11 is 0. The van der Waals surface area contributed by atoms with E-state index in [1.54, 1.807) is 19.1 Å². The molecule has 0 aliphatic carbocycles. The van der Waals surface area contributed by atoms with Gasteiger partial charge >= 0.3 is 5.97 Å². The maximum Gasteiger partial charge on any atom is 0.330 e. The van der Waals surface area contributed by atoms with Crippen molar-refractivity contribution in [2.45, 2.75) is 38.0 Å². The molecule has 1 fully saturated rings. The van der Waals surface area contributed by atoms with Gasteiger partial charge in [0.1, 0.15) is 10.6 Å². The highest BCUT2D eigenvalue weighted by molar-refractivity contribution is 7.89. The Balaban J connectivity index is 2.14. The predicted octanol–water partition coefficient (Wildman–Crippen LogP) is 2.32. The van der Waals surface area contributed by atoms with E-state index in [0.717, 1.165) is 12.8 Å². The van der Waals surface area contributed by atoms with Crippen LogP contribution in [0.1, 0.15) is 33.1 Å². The number of nitrogens with zero attached hydrogens (tertiary/aromatic N) is 1. The number of sulfonamides is 1. The third-order valence-corrected chi connectivity index (χ3v) is 5.97. The SMILES string of the molecule is CC/C=C/C(=O)OCC(=O)Nc1ccc(OCC)c(S(=O)(=O)N2CCCC2)c1. The molecule has 0 bridgehead atoms. The van der Waals surface area contributed by atoms with Gasteiger partial charge in [0, 0.05) is 24.9 Å². The molecular formula is C19H26N2O6S. The number of allylic oxidation sites excluding steroid dienone is 1. The smallest absolute Gasteiger partial charge is 0.330 e. The Morgan fingerprint density at radius 1 is 1.21 bits per heavy atom. The van der Waals surface area contributed by atoms with Crippen LogP contribution in [0.15, 0.2) is 35.2 Å². The molecule has 1 aliphatic heterocycles. The number of hydrogen-bond donors (Lipinski definition) is 1. The van der Waals surface area contributed by atoms with Crippen LogP contribution in [-0.2, 0) is 24.3 Å². The third-order valence-electron chi connectivity index (χ3n) is 4.05. The summed E-state index contributed by atoms with van der Waals surface area (Å²) in [6.07, 6.45) is 5.20. The van der Waals surface area contributed by atoms with Crippen LogP contribution >= 0.6 is 0 Å². The van der Waals surface area contributed by atoms with Crippen LogP contribution in [0.3, 0.4) is 0 Å². The summed E-state index contributed by atoms with van der Waals surface area (Å²) in [4.78, 5) is 23.4. The predicted molar refractivity (Wildman–Crippen MR) is 105 cm³/mol. The van der Waals surface area contributed by atoms with Crippen molar-refractivity contribution in [2.75, 3.05) is 31.6 Å². The van der Waals surface area contributed by atoms with Gasteiger partial charge in [-0.2, -0.15) is 4.31 Å². The van der Waals surface area contributed by atoms with Gasteiger partial charge in [0.15, 0.2) is 6.61 Å². The van der Waals surface area contributed by atoms with E-state index >= 15 is 0 Å². The molecule has 1 aromatic carbocycles. The normalized spacial score (nSPS) is 14.9. The van der Waals surface area contributed by atoms with Gasteiger partial charge in [-0.3, -0.25) is 4.79 Å². The lowest BCUT2D eigenvalue weighted by molar-refractivity contribution is -0.142. The molecular weight excluding hydrogens is 384 g/mol. The van der Waals surface area contributed by atoms with Gasteiger partial charge < -0.3 is 14.8 Å². The highest BCUT2D eigenvalue weighted by Crippen LogP contribution is 2.31. The molecule has 1 N–H and O–H groups in total. The molecule has 8 nitrogen and oxygen atoms in total. The van der Waals surface area contributed by atoms with Crippen molar-refractivity contribution in [3.8, 4) is 5.75 Å². The number of rotatable bonds is 9. The van der Waals surface area contributed by atoms with Crippen LogP contribution in [-0.4, -0.2) is 50.9 Å². The molecule has 1 amide bonds. The van der Waals surface area contributed by atoms with Crippen molar-refractivity contribution in [1.29, 1.82) is 0 Å². The maximum atomic E-state index is 12.9. The van der Waals surface area contributed by atoms with Crippen LogP contribution in [0.4, 0.5) is 5.69 Å². The Morgan fingerprint density at radius 2 is 1.93 bits per heavy atom. The topological polar surface area (TPSA) is 102 Å². The molecule has 9 heteroatoms. The van der Waals surface area contributed by atoms with Crippen molar-refractivity contribution in [2.24, 2.45) is 0 Å². The fourth-order valence-electron chi connectivity index (χ4n) is 2.73. The zero-order valence-electron chi connectivity index (χ0n) is 16.1. The minimum Gasteiger partial charge on any atom is -0.492 e. The Bertz CT molecular complexity index is 829. The lowest BCUT2D eigenvalue weighted by atomic mass is 10.3. The first kappa shape index (κ1) is 21.9. The number of carbonyl (C=O) groups excluding carboxylic acids is 2. The van der Waals surface area contributed by atoms with Gasteiger partial charge in [0.25, 0.3) is 5.91 Å². The summed E-state index contributed by atoms with van der Waals surface area (Å²) in [5.41, 5.74) is 0.284. The number of anilines is 1. The minimum atomic E-state index is -3.72. The number of amides is 1. The molecule has 2 rings (SSSR count). The van der Waals surface area contributed by atoms with Crippen molar-refractivity contribution < 1.29 is 27.5 Å². The van der Waals surface area contributed by atoms with E-state index in [1.165, 1.54) is 22.5 Å². The number of esters is 1. The van der Waals surface area contributed by atoms with E-state index in [2.05, 4.69) is 5.32 Å². The number of carbonyl (C=O) groups is 2. The summed E-state index contributed by atoms with van der Waals surface area (Å²) in [6.45, 7) is 4.42. The molecule has 1 aliphatic rings. The molecule has 0 unspecified atom stereocenters. The number of ether oxygens (including phenoxy) is 2. The quantitative estimate of drug-likeness (QED) is 0.495. The van der Waals surface area contributed by atoms with Crippen molar-refractivity contribution >= 4 is 27.6 Å². The molecule has 0 aromatic heterocycles. The van der Waals surface area contributed by atoms with Crippen LogP contribution in [0.2, 0.25) is 0 Å². The molecule has 1 heterocycles. The lowest BCUT2D eigenvalue weighted by Gasteiger charge is -2.19. The lowest BCUT2D eigenvalue weighted by Crippen LogP contribution is -2.28. The summed E-state index contributed by atoms with van der Waals surface area (Å²) in [7, 11) is -3.72. The van der Waals surface area contributed by atoms with Crippen LogP contribution in [0.5, 0.6) is 5.75 Å². The Labute approximate surface area is 165 Å². The summed E-state index contributed by atoms with van der Waals surface area (Å²) in [5.74, 6) is -0.934. The van der Waals surface area contributed by atoms with Crippen LogP contribution in [0, 0.1) is 0 Å². The van der Waals surface area contributed by atoms with Gasteiger partial charge in [-0.1, -0.05) is 13.0 Å². The first-order chi connectivity index (χ1) is 13.4. The van der Waals surface area contributed by atoms with Gasteiger partial charge in [-0.15, -0.1) is 0 Å². The third kappa shape index (κ3) is 5.80. The number of hydrogen-bond acceptors (Lipinski definition) is 6. The zero-order valence-corrected chi connectivity index (χ0v) is 17.0. The van der Waals surface area contributed by atoms with Gasteiger partial charge in [-0.25, -0.2) is 13.2 Å². The van der Waals surface area contributed by atoms with Crippen molar-refractivity contribution in [1.82, 2.24) is 4.31 Å². The van der Waals surface area contributed by atoms with E-state index in [-0.39, 0.29) is 16.3 Å². The second kappa shape index (κ2) is 10.2. The van der Waals surface area contributed by atoms with Crippen LogP contribution < -0.4 is 10.1 Å². The highest BCUT2D eigenvalue weighted by Gasteiger charge is 2.30. The van der Waals surface area contributed by atoms with E-state index in [4.69, 9.17) is 9.47 Å². The first-order valence-corrected chi connectivity index (χ1v) is 10.7. The second-order valence-electron chi connectivity index (χ2n) is 6.17. The maximum absolute atomic E-state index is 12.9. The number of benzene rings is 1. The van der Waals surface area contributed by atoms with Gasteiger partial charge in [0.05, 0.1) is 6.61 Å². The molecule has 154 valence electrons. The summed E-state index contributed by atoms with van der Waals surface area (Å²) in [5, 5.41) is 2.55. The molecule has 0 saturated carbocycles. The van der Waals surface area contributed by atoms with Crippen LogP contribution in [0.25, 0.3) is 0 Å². The first-order valence-electron chi connectivity index (χ1n) is 9.28. The minimum absolute atomic E-state index is 0.0110. The molecule has 0 atom stereocenters. The summed E-state index contributed by atoms with van der Waals surface area (Å²) in [6, 6.07) is 4.43. The molecule has 1 aromatic rings. The highest BCUT2D eigenvalue weighted by atomic mass is 32.2. The Kier molecular flexibility index (Phi) is 8.01. The van der Waals surface area contributed by atoms with Gasteiger partial charge in [-0.05, 0) is 44.4 Å². The average Bonchev–Trinajstić information content (AvgIpc) is 3.21. The zero-order chi connectivity index (χ0) is 20.6. The monoisotopic (exact) mass is 410 g/mol. The Hall–Kier alpha value is -2.39. The second-order valence-corrected chi connectivity index (χ2v) is 8.08. The number of nitrogens with one attached hydrogen (secondary N) is 1. The van der Waals surface area contributed by atoms with E-state index in [9.17, 15) is 18.0 Å². The van der Waals surface area contributed by atoms with Crippen molar-refractivity contribution in [3.05, 3.63) is 30.4 Å². The van der Waals surface area contributed by atoms with E-state index in [1.807, 2.05) is 6.92 Å². The average molecular weight is 410 g/mol. The van der Waals surface area contributed by atoms with Gasteiger partial charge in [0.2, 0.25) is 10.0 Å². The Morgan fingerprint density at radius 3 is 2.57 bits per heavy atom. The summed E-state index contributed by atoms with van der Waals surface area (Å²) < 4.78 is 37.6. The molecule has 1 saturated heterocycles. The standard InChI is InChI=1S/C19H26N2O6S/c1-3-5-8-19(23)27-14-18(22)20-15-9-10-16(26-4-2)17(13-15)28(24,25)21-11-6-7-12-21/h5,8-10,13H,3-4,6-7,11-12,14H2,1-2H3,(H,20,22)/b8-5+. The van der Waals surface area contributed by atoms with Crippen molar-refractivity contribution in [3.63, 3.8) is 0 Å². The fourth-order valence-corrected chi connectivity index (χ4v) is 4.40. The van der Waals surface area contributed by atoms with E-state index < -0.39 is 28.5 Å².